The third kappa shape index (κ3) is 4.41. The molecule has 0 radical (unpaired) electrons. The van der Waals surface area contributed by atoms with Crippen LogP contribution in [0.2, 0.25) is 0 Å². The molecule has 1 N–H and O–H groups in total. The summed E-state index contributed by atoms with van der Waals surface area (Å²) in [6, 6.07) is 20.1. The molecule has 1 heterocycles. The van der Waals surface area contributed by atoms with E-state index in [0.29, 0.717) is 23.0 Å². The Balaban J connectivity index is 1.84. The molecular formula is C21H19N3OS. The van der Waals surface area contributed by atoms with E-state index in [4.69, 9.17) is 0 Å². The number of hydrogen-bond acceptors (Lipinski definition) is 4. The Bertz CT molecular complexity index is 990. The van der Waals surface area contributed by atoms with Gasteiger partial charge in [-0.2, -0.15) is 5.26 Å². The Morgan fingerprint density at radius 1 is 1.08 bits per heavy atom. The van der Waals surface area contributed by atoms with Crippen molar-refractivity contribution in [1.29, 1.82) is 5.26 Å². The summed E-state index contributed by atoms with van der Waals surface area (Å²) in [7, 11) is 0. The molecule has 3 rings (SSSR count). The van der Waals surface area contributed by atoms with Crippen LogP contribution in [0, 0.1) is 11.3 Å². The van der Waals surface area contributed by atoms with E-state index in [-0.39, 0.29) is 11.1 Å². The summed E-state index contributed by atoms with van der Waals surface area (Å²) in [5.41, 5.74) is 3.73. The van der Waals surface area contributed by atoms with Gasteiger partial charge in [0.2, 0.25) is 0 Å². The molecule has 2 aromatic carbocycles. The lowest BCUT2D eigenvalue weighted by Gasteiger charge is -2.07. The standard InChI is InChI=1S/C21H19N3OS/c1-2-15-9-6-10-17(11-15)14-26-21-23-19(18(13-22)20(25)24-21)12-16-7-4-3-5-8-16/h3-11H,2,12,14H2,1H3,(H,23,24,25). The van der Waals surface area contributed by atoms with Crippen molar-refractivity contribution in [3.8, 4) is 6.07 Å². The molecule has 0 aliphatic rings. The summed E-state index contributed by atoms with van der Waals surface area (Å²) in [6.07, 6.45) is 1.46. The summed E-state index contributed by atoms with van der Waals surface area (Å²) in [5, 5.41) is 9.86. The predicted octanol–water partition coefficient (Wildman–Crippen LogP) is 4.09. The van der Waals surface area contributed by atoms with Gasteiger partial charge >= 0.3 is 0 Å². The number of thioether (sulfide) groups is 1. The zero-order chi connectivity index (χ0) is 18.4. The zero-order valence-electron chi connectivity index (χ0n) is 14.5. The normalized spacial score (nSPS) is 10.5. The van der Waals surface area contributed by atoms with Crippen molar-refractivity contribution >= 4 is 11.8 Å². The van der Waals surface area contributed by atoms with Gasteiger partial charge in [-0.1, -0.05) is 73.3 Å². The topological polar surface area (TPSA) is 69.5 Å². The molecule has 4 nitrogen and oxygen atoms in total. The van der Waals surface area contributed by atoms with Gasteiger partial charge < -0.3 is 4.98 Å². The number of H-pyrrole nitrogens is 1. The monoisotopic (exact) mass is 361 g/mol. The van der Waals surface area contributed by atoms with Crippen molar-refractivity contribution in [2.24, 2.45) is 0 Å². The molecule has 5 heteroatoms. The van der Waals surface area contributed by atoms with Gasteiger partial charge in [-0.3, -0.25) is 4.79 Å². The highest BCUT2D eigenvalue weighted by atomic mass is 32.2. The van der Waals surface area contributed by atoms with E-state index in [0.717, 1.165) is 12.0 Å². The third-order valence-electron chi connectivity index (χ3n) is 4.07. The molecule has 1 aromatic heterocycles. The first-order chi connectivity index (χ1) is 12.7. The lowest BCUT2D eigenvalue weighted by Crippen LogP contribution is -2.17. The van der Waals surface area contributed by atoms with Gasteiger partial charge in [0.25, 0.3) is 5.56 Å². The molecule has 130 valence electrons. The number of nitriles is 1. The van der Waals surface area contributed by atoms with Gasteiger partial charge in [-0.15, -0.1) is 0 Å². The highest BCUT2D eigenvalue weighted by molar-refractivity contribution is 7.98. The van der Waals surface area contributed by atoms with Crippen LogP contribution in [-0.4, -0.2) is 9.97 Å². The van der Waals surface area contributed by atoms with Crippen LogP contribution in [0.3, 0.4) is 0 Å². The number of nitrogens with zero attached hydrogens (tertiary/aromatic N) is 2. The van der Waals surface area contributed by atoms with Crippen LogP contribution in [0.4, 0.5) is 0 Å². The largest absolute Gasteiger partial charge is 0.300 e. The Morgan fingerprint density at radius 2 is 1.81 bits per heavy atom. The number of aryl methyl sites for hydroxylation is 1. The summed E-state index contributed by atoms with van der Waals surface area (Å²) in [6.45, 7) is 2.13. The summed E-state index contributed by atoms with van der Waals surface area (Å²) < 4.78 is 0. The Morgan fingerprint density at radius 3 is 2.54 bits per heavy atom. The zero-order valence-corrected chi connectivity index (χ0v) is 15.3. The molecule has 0 aliphatic heterocycles. The second-order valence-electron chi connectivity index (χ2n) is 5.93. The fourth-order valence-corrected chi connectivity index (χ4v) is 3.51. The SMILES string of the molecule is CCc1cccc(CSc2nc(Cc3ccccc3)c(C#N)c(=O)[nH]2)c1. The molecule has 0 amide bonds. The maximum atomic E-state index is 12.3. The van der Waals surface area contributed by atoms with Gasteiger partial charge in [0.15, 0.2) is 5.16 Å². The van der Waals surface area contributed by atoms with Gasteiger partial charge in [-0.25, -0.2) is 4.98 Å². The molecular weight excluding hydrogens is 342 g/mol. The van der Waals surface area contributed by atoms with E-state index in [1.54, 1.807) is 0 Å². The van der Waals surface area contributed by atoms with Crippen LogP contribution < -0.4 is 5.56 Å². The first-order valence-corrected chi connectivity index (χ1v) is 9.46. The van der Waals surface area contributed by atoms with Crippen LogP contribution in [0.1, 0.15) is 34.9 Å². The number of aromatic nitrogens is 2. The van der Waals surface area contributed by atoms with Gasteiger partial charge in [0.05, 0.1) is 5.69 Å². The lowest BCUT2D eigenvalue weighted by molar-refractivity contribution is 0.870. The number of benzene rings is 2. The van der Waals surface area contributed by atoms with Crippen LogP contribution in [0.25, 0.3) is 0 Å². The van der Waals surface area contributed by atoms with Crippen LogP contribution in [0.15, 0.2) is 64.5 Å². The van der Waals surface area contributed by atoms with Crippen molar-refractivity contribution in [2.45, 2.75) is 30.7 Å². The van der Waals surface area contributed by atoms with Crippen molar-refractivity contribution in [3.05, 3.63) is 92.9 Å². The van der Waals surface area contributed by atoms with E-state index < -0.39 is 0 Å². The van der Waals surface area contributed by atoms with E-state index in [1.807, 2.05) is 42.5 Å². The van der Waals surface area contributed by atoms with Crippen molar-refractivity contribution in [2.75, 3.05) is 0 Å². The molecule has 3 aromatic rings. The summed E-state index contributed by atoms with van der Waals surface area (Å²) in [5.74, 6) is 0.716. The quantitative estimate of drug-likeness (QED) is 0.530. The highest BCUT2D eigenvalue weighted by Crippen LogP contribution is 2.21. The molecule has 0 unspecified atom stereocenters. The Kier molecular flexibility index (Phi) is 5.88. The maximum Gasteiger partial charge on any atom is 0.269 e. The van der Waals surface area contributed by atoms with Crippen LogP contribution in [-0.2, 0) is 18.6 Å². The molecule has 26 heavy (non-hydrogen) atoms. The molecule has 0 saturated heterocycles. The fourth-order valence-electron chi connectivity index (χ4n) is 2.69. The van der Waals surface area contributed by atoms with Crippen molar-refractivity contribution < 1.29 is 0 Å². The smallest absolute Gasteiger partial charge is 0.269 e. The number of rotatable bonds is 6. The van der Waals surface area contributed by atoms with E-state index in [2.05, 4.69) is 35.1 Å². The minimum Gasteiger partial charge on any atom is -0.300 e. The average Bonchev–Trinajstić information content (AvgIpc) is 2.67. The minimum atomic E-state index is -0.377. The fraction of sp³-hybridized carbons (Fsp3) is 0.190. The average molecular weight is 361 g/mol. The highest BCUT2D eigenvalue weighted by Gasteiger charge is 2.12. The molecule has 0 aliphatic carbocycles. The molecule has 0 spiro atoms. The number of aromatic amines is 1. The van der Waals surface area contributed by atoms with E-state index in [9.17, 15) is 10.1 Å². The number of hydrogen-bond donors (Lipinski definition) is 1. The van der Waals surface area contributed by atoms with Crippen molar-refractivity contribution in [1.82, 2.24) is 9.97 Å². The first-order valence-electron chi connectivity index (χ1n) is 8.47. The maximum absolute atomic E-state index is 12.3. The lowest BCUT2D eigenvalue weighted by atomic mass is 10.1. The van der Waals surface area contributed by atoms with Crippen molar-refractivity contribution in [3.63, 3.8) is 0 Å². The second-order valence-corrected chi connectivity index (χ2v) is 6.89. The van der Waals surface area contributed by atoms with Gasteiger partial charge in [0.1, 0.15) is 11.6 Å². The van der Waals surface area contributed by atoms with E-state index in [1.165, 1.54) is 22.9 Å². The van der Waals surface area contributed by atoms with Gasteiger partial charge in [-0.05, 0) is 23.1 Å². The summed E-state index contributed by atoms with van der Waals surface area (Å²) in [4.78, 5) is 19.5. The minimum absolute atomic E-state index is 0.0891. The Hall–Kier alpha value is -2.84. The second kappa shape index (κ2) is 8.50. The van der Waals surface area contributed by atoms with E-state index >= 15 is 0 Å². The molecule has 0 fully saturated rings. The van der Waals surface area contributed by atoms with Gasteiger partial charge in [0, 0.05) is 12.2 Å². The number of nitrogens with one attached hydrogen (secondary N) is 1. The molecule has 0 atom stereocenters. The molecule has 0 saturated carbocycles. The summed E-state index contributed by atoms with van der Waals surface area (Å²) >= 11 is 1.47. The first kappa shape index (κ1) is 18.0. The Labute approximate surface area is 156 Å². The third-order valence-corrected chi connectivity index (χ3v) is 5.02. The predicted molar refractivity (Wildman–Crippen MR) is 104 cm³/mol. The van der Waals surface area contributed by atoms with Crippen LogP contribution >= 0.6 is 11.8 Å². The molecule has 0 bridgehead atoms. The van der Waals surface area contributed by atoms with Crippen LogP contribution in [0.5, 0.6) is 0 Å².